The van der Waals surface area contributed by atoms with Crippen molar-refractivity contribution in [2.24, 2.45) is 5.92 Å². The van der Waals surface area contributed by atoms with E-state index in [1.807, 2.05) is 0 Å². The van der Waals surface area contributed by atoms with E-state index in [-0.39, 0.29) is 17.4 Å². The predicted molar refractivity (Wildman–Crippen MR) is 71.7 cm³/mol. The van der Waals surface area contributed by atoms with Crippen molar-refractivity contribution in [2.75, 3.05) is 5.32 Å². The van der Waals surface area contributed by atoms with Crippen LogP contribution in [0.1, 0.15) is 36.0 Å². The van der Waals surface area contributed by atoms with Crippen molar-refractivity contribution in [3.05, 3.63) is 28.2 Å². The maximum absolute atomic E-state index is 12.0. The molecule has 0 radical (unpaired) electrons. The number of carbonyl (C=O) groups is 2. The van der Waals surface area contributed by atoms with Crippen molar-refractivity contribution in [3.8, 4) is 0 Å². The summed E-state index contributed by atoms with van der Waals surface area (Å²) >= 11 is 3.27. The highest BCUT2D eigenvalue weighted by atomic mass is 79.9. The Morgan fingerprint density at radius 1 is 1.28 bits per heavy atom. The molecule has 1 saturated carbocycles. The van der Waals surface area contributed by atoms with Crippen molar-refractivity contribution in [2.45, 2.75) is 25.7 Å². The van der Waals surface area contributed by atoms with Crippen LogP contribution in [-0.2, 0) is 4.79 Å². The Morgan fingerprint density at radius 3 is 2.56 bits per heavy atom. The molecule has 1 fully saturated rings. The van der Waals surface area contributed by atoms with Gasteiger partial charge in [0.1, 0.15) is 0 Å². The van der Waals surface area contributed by atoms with Crippen molar-refractivity contribution in [3.63, 3.8) is 0 Å². The first kappa shape index (κ1) is 13.1. The Bertz CT molecular complexity index is 481. The van der Waals surface area contributed by atoms with Crippen LogP contribution in [0.2, 0.25) is 0 Å². The number of anilines is 1. The highest BCUT2D eigenvalue weighted by molar-refractivity contribution is 9.10. The average molecular weight is 312 g/mol. The van der Waals surface area contributed by atoms with Crippen LogP contribution in [0.25, 0.3) is 0 Å². The number of para-hydroxylation sites is 1. The lowest BCUT2D eigenvalue weighted by atomic mass is 10.1. The molecule has 18 heavy (non-hydrogen) atoms. The molecule has 5 heteroatoms. The molecule has 1 aromatic carbocycles. The third kappa shape index (κ3) is 2.72. The Balaban J connectivity index is 2.22. The number of rotatable bonds is 3. The minimum atomic E-state index is -1.04. The molecule has 0 spiro atoms. The smallest absolute Gasteiger partial charge is 0.337 e. The first-order chi connectivity index (χ1) is 8.59. The van der Waals surface area contributed by atoms with E-state index in [1.165, 1.54) is 6.07 Å². The summed E-state index contributed by atoms with van der Waals surface area (Å²) in [6, 6.07) is 4.84. The van der Waals surface area contributed by atoms with Crippen LogP contribution in [0, 0.1) is 5.92 Å². The van der Waals surface area contributed by atoms with E-state index < -0.39 is 5.97 Å². The topological polar surface area (TPSA) is 66.4 Å². The third-order valence-electron chi connectivity index (χ3n) is 3.22. The van der Waals surface area contributed by atoms with Crippen molar-refractivity contribution >= 4 is 33.5 Å². The van der Waals surface area contributed by atoms with Gasteiger partial charge >= 0.3 is 5.97 Å². The van der Waals surface area contributed by atoms with Gasteiger partial charge in [-0.1, -0.05) is 18.9 Å². The van der Waals surface area contributed by atoms with E-state index in [0.717, 1.165) is 25.7 Å². The van der Waals surface area contributed by atoms with E-state index >= 15 is 0 Å². The molecule has 2 N–H and O–H groups in total. The van der Waals surface area contributed by atoms with Gasteiger partial charge in [-0.25, -0.2) is 4.79 Å². The van der Waals surface area contributed by atoms with Gasteiger partial charge in [-0.2, -0.15) is 0 Å². The van der Waals surface area contributed by atoms with Crippen molar-refractivity contribution in [1.29, 1.82) is 0 Å². The molecule has 1 amide bonds. The Kier molecular flexibility index (Phi) is 4.01. The molecule has 0 bridgehead atoms. The molecule has 1 aliphatic carbocycles. The monoisotopic (exact) mass is 311 g/mol. The maximum Gasteiger partial charge on any atom is 0.337 e. The van der Waals surface area contributed by atoms with E-state index in [0.29, 0.717) is 10.2 Å². The van der Waals surface area contributed by atoms with E-state index in [9.17, 15) is 9.59 Å². The molecule has 0 aromatic heterocycles. The minimum absolute atomic E-state index is 0.0127. The van der Waals surface area contributed by atoms with Gasteiger partial charge in [0, 0.05) is 10.4 Å². The number of amides is 1. The fourth-order valence-electron chi connectivity index (χ4n) is 2.24. The number of aromatic carboxylic acids is 1. The summed E-state index contributed by atoms with van der Waals surface area (Å²) in [6.07, 6.45) is 3.91. The largest absolute Gasteiger partial charge is 0.478 e. The third-order valence-corrected chi connectivity index (χ3v) is 3.88. The number of halogens is 1. The van der Waals surface area contributed by atoms with Gasteiger partial charge in [0.2, 0.25) is 5.91 Å². The summed E-state index contributed by atoms with van der Waals surface area (Å²) in [6.45, 7) is 0. The number of nitrogens with one attached hydrogen (secondary N) is 1. The van der Waals surface area contributed by atoms with Gasteiger partial charge in [0.05, 0.1) is 11.3 Å². The number of hydrogen-bond acceptors (Lipinski definition) is 2. The van der Waals surface area contributed by atoms with Crippen molar-refractivity contribution in [1.82, 2.24) is 0 Å². The summed E-state index contributed by atoms with van der Waals surface area (Å²) < 4.78 is 0.591. The van der Waals surface area contributed by atoms with Crippen LogP contribution in [0.4, 0.5) is 5.69 Å². The Hall–Kier alpha value is -1.36. The molecule has 0 aliphatic heterocycles. The molecular weight excluding hydrogens is 298 g/mol. The highest BCUT2D eigenvalue weighted by Gasteiger charge is 2.24. The summed E-state index contributed by atoms with van der Waals surface area (Å²) in [7, 11) is 0. The number of benzene rings is 1. The number of carboxylic acids is 1. The SMILES string of the molecule is O=C(O)c1cccc(Br)c1NC(=O)C1CCCC1. The molecule has 0 saturated heterocycles. The Morgan fingerprint density at radius 2 is 1.94 bits per heavy atom. The Labute approximate surface area is 114 Å². The second kappa shape index (κ2) is 5.52. The molecular formula is C13H14BrNO3. The fraction of sp³-hybridized carbons (Fsp3) is 0.385. The normalized spacial score (nSPS) is 15.6. The first-order valence-electron chi connectivity index (χ1n) is 5.92. The van der Waals surface area contributed by atoms with Gasteiger partial charge in [0.15, 0.2) is 0 Å². The quantitative estimate of drug-likeness (QED) is 0.900. The van der Waals surface area contributed by atoms with Gasteiger partial charge in [-0.15, -0.1) is 0 Å². The molecule has 0 heterocycles. The van der Waals surface area contributed by atoms with E-state index in [1.54, 1.807) is 12.1 Å². The summed E-state index contributed by atoms with van der Waals surface area (Å²) in [4.78, 5) is 23.1. The predicted octanol–water partition coefficient (Wildman–Crippen LogP) is 3.28. The highest BCUT2D eigenvalue weighted by Crippen LogP contribution is 2.30. The number of hydrogen-bond donors (Lipinski definition) is 2. The van der Waals surface area contributed by atoms with Crippen LogP contribution in [0.5, 0.6) is 0 Å². The molecule has 0 atom stereocenters. The lowest BCUT2D eigenvalue weighted by Gasteiger charge is -2.13. The summed E-state index contributed by atoms with van der Waals surface area (Å²) in [5, 5.41) is 11.8. The minimum Gasteiger partial charge on any atom is -0.478 e. The van der Waals surface area contributed by atoms with Crippen LogP contribution < -0.4 is 5.32 Å². The lowest BCUT2D eigenvalue weighted by molar-refractivity contribution is -0.119. The lowest BCUT2D eigenvalue weighted by Crippen LogP contribution is -2.22. The zero-order chi connectivity index (χ0) is 13.1. The van der Waals surface area contributed by atoms with E-state index in [4.69, 9.17) is 5.11 Å². The van der Waals surface area contributed by atoms with Crippen LogP contribution in [0.15, 0.2) is 22.7 Å². The average Bonchev–Trinajstić information content (AvgIpc) is 2.85. The molecule has 1 aliphatic rings. The summed E-state index contributed by atoms with van der Waals surface area (Å²) in [5.41, 5.74) is 0.456. The summed E-state index contributed by atoms with van der Waals surface area (Å²) in [5.74, 6) is -1.11. The van der Waals surface area contributed by atoms with Crippen LogP contribution in [-0.4, -0.2) is 17.0 Å². The second-order valence-corrected chi connectivity index (χ2v) is 5.29. The number of carbonyl (C=O) groups excluding carboxylic acids is 1. The molecule has 2 rings (SSSR count). The van der Waals surface area contributed by atoms with Gasteiger partial charge < -0.3 is 10.4 Å². The standard InChI is InChI=1S/C13H14BrNO3/c14-10-7-3-6-9(13(17)18)11(10)15-12(16)8-4-1-2-5-8/h3,6-8H,1-2,4-5H2,(H,15,16)(H,17,18). The molecule has 96 valence electrons. The van der Waals surface area contributed by atoms with Gasteiger partial charge in [0.25, 0.3) is 0 Å². The zero-order valence-electron chi connectivity index (χ0n) is 9.78. The fourth-order valence-corrected chi connectivity index (χ4v) is 2.71. The van der Waals surface area contributed by atoms with Gasteiger partial charge in [-0.3, -0.25) is 4.79 Å². The van der Waals surface area contributed by atoms with Crippen LogP contribution in [0.3, 0.4) is 0 Å². The molecule has 1 aromatic rings. The first-order valence-corrected chi connectivity index (χ1v) is 6.71. The van der Waals surface area contributed by atoms with Crippen LogP contribution >= 0.6 is 15.9 Å². The zero-order valence-corrected chi connectivity index (χ0v) is 11.4. The number of carboxylic acid groups (broad SMARTS) is 1. The van der Waals surface area contributed by atoms with Crippen molar-refractivity contribution < 1.29 is 14.7 Å². The molecule has 0 unspecified atom stereocenters. The van der Waals surface area contributed by atoms with Gasteiger partial charge in [-0.05, 0) is 40.9 Å². The van der Waals surface area contributed by atoms with E-state index in [2.05, 4.69) is 21.2 Å². The second-order valence-electron chi connectivity index (χ2n) is 4.44. The maximum atomic E-state index is 12.0. The molecule has 4 nitrogen and oxygen atoms in total.